The quantitative estimate of drug-likeness (QED) is 0.723. The first kappa shape index (κ1) is 10.2. The predicted octanol–water partition coefficient (Wildman–Crippen LogP) is 1.25. The lowest BCUT2D eigenvalue weighted by Crippen LogP contribution is -2.20. The molecule has 0 spiro atoms. The van der Waals surface area contributed by atoms with E-state index >= 15 is 0 Å². The van der Waals surface area contributed by atoms with Crippen LogP contribution in [-0.2, 0) is 7.05 Å². The van der Waals surface area contributed by atoms with Gasteiger partial charge >= 0.3 is 0 Å². The van der Waals surface area contributed by atoms with Crippen LogP contribution in [0.5, 0.6) is 5.75 Å². The maximum Gasteiger partial charge on any atom is 0.272 e. The Balaban J connectivity index is 3.16. The molecule has 0 amide bonds. The number of fused-ring (bicyclic) bond motifs is 1. The molecule has 0 fully saturated rings. The van der Waals surface area contributed by atoms with Crippen molar-refractivity contribution in [1.29, 1.82) is 5.26 Å². The van der Waals surface area contributed by atoms with Crippen LogP contribution in [0, 0.1) is 17.1 Å². The second-order valence-corrected chi connectivity index (χ2v) is 3.34. The van der Waals surface area contributed by atoms with Gasteiger partial charge in [0.2, 0.25) is 0 Å². The molecule has 2 rings (SSSR count). The van der Waals surface area contributed by atoms with E-state index in [0.717, 1.165) is 4.57 Å². The lowest BCUT2D eigenvalue weighted by atomic mass is 10.1. The van der Waals surface area contributed by atoms with E-state index < -0.39 is 17.1 Å². The molecule has 4 nitrogen and oxygen atoms in total. The summed E-state index contributed by atoms with van der Waals surface area (Å²) in [7, 11) is 1.36. The minimum atomic E-state index is -0.711. The third-order valence-corrected chi connectivity index (χ3v) is 2.44. The summed E-state index contributed by atoms with van der Waals surface area (Å²) < 4.78 is 14.5. The number of aryl methyl sites for hydroxylation is 1. The SMILES string of the molecule is Cn1c(=O)c(C#N)c(O)c2cccc(F)c21. The minimum Gasteiger partial charge on any atom is -0.506 e. The van der Waals surface area contributed by atoms with E-state index in [9.17, 15) is 14.3 Å². The number of pyridine rings is 1. The highest BCUT2D eigenvalue weighted by atomic mass is 19.1. The van der Waals surface area contributed by atoms with Gasteiger partial charge in [-0.05, 0) is 12.1 Å². The lowest BCUT2D eigenvalue weighted by Gasteiger charge is -2.08. The molecule has 1 N–H and O–H groups in total. The maximum absolute atomic E-state index is 13.5. The Hall–Kier alpha value is -2.35. The second kappa shape index (κ2) is 3.35. The number of benzene rings is 1. The first-order valence-electron chi connectivity index (χ1n) is 4.48. The second-order valence-electron chi connectivity index (χ2n) is 3.34. The van der Waals surface area contributed by atoms with Gasteiger partial charge in [0.15, 0.2) is 5.56 Å². The molecular formula is C11H7FN2O2. The number of aromatic nitrogens is 1. The molecule has 0 aliphatic carbocycles. The van der Waals surface area contributed by atoms with Crippen molar-refractivity contribution in [1.82, 2.24) is 4.57 Å². The monoisotopic (exact) mass is 218 g/mol. The maximum atomic E-state index is 13.5. The molecule has 0 unspecified atom stereocenters. The van der Waals surface area contributed by atoms with Crippen molar-refractivity contribution in [3.63, 3.8) is 0 Å². The molecule has 0 bridgehead atoms. The van der Waals surface area contributed by atoms with Gasteiger partial charge in [-0.1, -0.05) is 6.07 Å². The molecule has 1 heterocycles. The van der Waals surface area contributed by atoms with Crippen molar-refractivity contribution < 1.29 is 9.50 Å². The lowest BCUT2D eigenvalue weighted by molar-refractivity contribution is 0.477. The summed E-state index contributed by atoms with van der Waals surface area (Å²) in [5.41, 5.74) is -1.10. The first-order chi connectivity index (χ1) is 7.57. The topological polar surface area (TPSA) is 66.0 Å². The Morgan fingerprint density at radius 3 is 2.81 bits per heavy atom. The van der Waals surface area contributed by atoms with Gasteiger partial charge in [-0.25, -0.2) is 4.39 Å². The molecule has 80 valence electrons. The number of rotatable bonds is 0. The molecule has 0 radical (unpaired) electrons. The van der Waals surface area contributed by atoms with Crippen LogP contribution in [0.25, 0.3) is 10.9 Å². The van der Waals surface area contributed by atoms with Crippen LogP contribution in [0.15, 0.2) is 23.0 Å². The van der Waals surface area contributed by atoms with Gasteiger partial charge in [0.05, 0.1) is 5.52 Å². The van der Waals surface area contributed by atoms with Crippen LogP contribution >= 0.6 is 0 Å². The zero-order chi connectivity index (χ0) is 11.9. The Labute approximate surface area is 89.8 Å². The van der Waals surface area contributed by atoms with Crippen LogP contribution in [-0.4, -0.2) is 9.67 Å². The Morgan fingerprint density at radius 2 is 2.19 bits per heavy atom. The van der Waals surface area contributed by atoms with E-state index in [1.165, 1.54) is 25.2 Å². The summed E-state index contributed by atoms with van der Waals surface area (Å²) in [5, 5.41) is 18.6. The number of aromatic hydroxyl groups is 1. The van der Waals surface area contributed by atoms with Crippen molar-refractivity contribution in [3.05, 3.63) is 39.9 Å². The number of hydrogen-bond donors (Lipinski definition) is 1. The third-order valence-electron chi connectivity index (χ3n) is 2.44. The van der Waals surface area contributed by atoms with Crippen LogP contribution in [0.2, 0.25) is 0 Å². The van der Waals surface area contributed by atoms with Gasteiger partial charge in [-0.15, -0.1) is 0 Å². The smallest absolute Gasteiger partial charge is 0.272 e. The summed E-state index contributed by atoms with van der Waals surface area (Å²) in [5.74, 6) is -1.09. The third kappa shape index (κ3) is 1.17. The molecule has 2 aromatic rings. The zero-order valence-corrected chi connectivity index (χ0v) is 8.36. The van der Waals surface area contributed by atoms with E-state index in [1.54, 1.807) is 6.07 Å². The van der Waals surface area contributed by atoms with Crippen LogP contribution < -0.4 is 5.56 Å². The number of hydrogen-bond acceptors (Lipinski definition) is 3. The van der Waals surface area contributed by atoms with E-state index in [-0.39, 0.29) is 16.5 Å². The van der Waals surface area contributed by atoms with Crippen LogP contribution in [0.1, 0.15) is 5.56 Å². The number of para-hydroxylation sites is 1. The molecule has 0 aliphatic rings. The highest BCUT2D eigenvalue weighted by molar-refractivity contribution is 5.87. The highest BCUT2D eigenvalue weighted by Crippen LogP contribution is 2.26. The van der Waals surface area contributed by atoms with E-state index in [0.29, 0.717) is 0 Å². The van der Waals surface area contributed by atoms with Crippen molar-refractivity contribution in [2.75, 3.05) is 0 Å². The minimum absolute atomic E-state index is 0.0102. The van der Waals surface area contributed by atoms with E-state index in [1.807, 2.05) is 0 Å². The fourth-order valence-corrected chi connectivity index (χ4v) is 1.65. The van der Waals surface area contributed by atoms with Crippen molar-refractivity contribution in [2.24, 2.45) is 7.05 Å². The molecule has 16 heavy (non-hydrogen) atoms. The molecule has 0 saturated carbocycles. The van der Waals surface area contributed by atoms with Crippen molar-refractivity contribution in [3.8, 4) is 11.8 Å². The van der Waals surface area contributed by atoms with Gasteiger partial charge < -0.3 is 9.67 Å². The fraction of sp³-hybridized carbons (Fsp3) is 0.0909. The molecule has 0 saturated heterocycles. The standard InChI is InChI=1S/C11H7FN2O2/c1-14-9-6(3-2-4-8(9)12)10(15)7(5-13)11(14)16/h2-4,15H,1H3. The molecule has 1 aromatic heterocycles. The molecule has 0 aliphatic heterocycles. The van der Waals surface area contributed by atoms with E-state index in [4.69, 9.17) is 5.26 Å². The molecule has 0 atom stereocenters. The highest BCUT2D eigenvalue weighted by Gasteiger charge is 2.16. The summed E-state index contributed by atoms with van der Waals surface area (Å²) >= 11 is 0. The largest absolute Gasteiger partial charge is 0.506 e. The Kier molecular flexibility index (Phi) is 2.13. The molecule has 5 heteroatoms. The van der Waals surface area contributed by atoms with Crippen LogP contribution in [0.3, 0.4) is 0 Å². The molecular weight excluding hydrogens is 211 g/mol. The van der Waals surface area contributed by atoms with Gasteiger partial charge in [0, 0.05) is 12.4 Å². The summed E-state index contributed by atoms with van der Waals surface area (Å²) in [4.78, 5) is 11.6. The summed E-state index contributed by atoms with van der Waals surface area (Å²) in [6.45, 7) is 0. The number of halogens is 1. The fourth-order valence-electron chi connectivity index (χ4n) is 1.65. The van der Waals surface area contributed by atoms with Crippen molar-refractivity contribution in [2.45, 2.75) is 0 Å². The first-order valence-corrected chi connectivity index (χ1v) is 4.48. The zero-order valence-electron chi connectivity index (χ0n) is 8.36. The van der Waals surface area contributed by atoms with Gasteiger partial charge in [0.25, 0.3) is 5.56 Å². The Bertz CT molecular complexity index is 683. The Morgan fingerprint density at radius 1 is 1.50 bits per heavy atom. The van der Waals surface area contributed by atoms with Gasteiger partial charge in [-0.2, -0.15) is 5.26 Å². The van der Waals surface area contributed by atoms with Crippen molar-refractivity contribution >= 4 is 10.9 Å². The average molecular weight is 218 g/mol. The number of nitrogens with zero attached hydrogens (tertiary/aromatic N) is 2. The van der Waals surface area contributed by atoms with Gasteiger partial charge in [-0.3, -0.25) is 4.79 Å². The van der Waals surface area contributed by atoms with E-state index in [2.05, 4.69) is 0 Å². The summed E-state index contributed by atoms with van der Waals surface area (Å²) in [6, 6.07) is 5.66. The molecule has 1 aromatic carbocycles. The summed E-state index contributed by atoms with van der Waals surface area (Å²) in [6.07, 6.45) is 0. The predicted molar refractivity (Wildman–Crippen MR) is 55.5 cm³/mol. The van der Waals surface area contributed by atoms with Crippen LogP contribution in [0.4, 0.5) is 4.39 Å². The number of nitriles is 1. The van der Waals surface area contributed by atoms with Gasteiger partial charge in [0.1, 0.15) is 17.6 Å². The average Bonchev–Trinajstić information content (AvgIpc) is 2.27. The normalized spacial score (nSPS) is 10.3.